The molecule has 0 unspecified atom stereocenters. The van der Waals surface area contributed by atoms with Crippen LogP contribution in [0.1, 0.15) is 101 Å². The maximum absolute atomic E-state index is 15.7. The molecule has 0 spiro atoms. The second-order valence-electron chi connectivity index (χ2n) is 11.5. The standard InChI is InChI=1S/C28H41FN2O3/c1-18(2)25(32)24(19-11-7-6-8-12-19)30-26(33)22-15-9-14-21(23(22)29)20-13-10-16-31(17-20)27(34)28(3,4)5/h9,14-15,18-20,24H,6-8,10-13,16-17H2,1-5H3,(H,30,33)/t20-,24+/m0/s1. The summed E-state index contributed by atoms with van der Waals surface area (Å²) in [5, 5.41) is 2.91. The van der Waals surface area contributed by atoms with E-state index in [0.29, 0.717) is 18.7 Å². The molecule has 1 aliphatic heterocycles. The highest BCUT2D eigenvalue weighted by atomic mass is 19.1. The lowest BCUT2D eigenvalue weighted by molar-refractivity contribution is -0.140. The van der Waals surface area contributed by atoms with E-state index in [-0.39, 0.29) is 35.0 Å². The van der Waals surface area contributed by atoms with E-state index in [2.05, 4.69) is 5.32 Å². The van der Waals surface area contributed by atoms with E-state index in [1.165, 1.54) is 6.07 Å². The average Bonchev–Trinajstić information content (AvgIpc) is 2.81. The van der Waals surface area contributed by atoms with Crippen molar-refractivity contribution >= 4 is 17.6 Å². The van der Waals surface area contributed by atoms with Gasteiger partial charge in [-0.15, -0.1) is 0 Å². The zero-order valence-electron chi connectivity index (χ0n) is 21.5. The van der Waals surface area contributed by atoms with Gasteiger partial charge in [0, 0.05) is 30.3 Å². The number of ketones is 1. The van der Waals surface area contributed by atoms with Gasteiger partial charge in [-0.3, -0.25) is 14.4 Å². The molecule has 0 aromatic heterocycles. The number of hydrogen-bond acceptors (Lipinski definition) is 3. The maximum Gasteiger partial charge on any atom is 0.254 e. The maximum atomic E-state index is 15.7. The zero-order valence-corrected chi connectivity index (χ0v) is 21.5. The zero-order chi connectivity index (χ0) is 25.0. The summed E-state index contributed by atoms with van der Waals surface area (Å²) in [7, 11) is 0. The molecular formula is C28H41FN2O3. The van der Waals surface area contributed by atoms with E-state index in [4.69, 9.17) is 0 Å². The van der Waals surface area contributed by atoms with Crippen molar-refractivity contribution in [1.29, 1.82) is 0 Å². The third kappa shape index (κ3) is 6.05. The first-order valence-electron chi connectivity index (χ1n) is 12.9. The summed E-state index contributed by atoms with van der Waals surface area (Å²) in [5.41, 5.74) is -0.0307. The molecule has 2 atom stereocenters. The lowest BCUT2D eigenvalue weighted by atomic mass is 9.80. The van der Waals surface area contributed by atoms with Crippen molar-refractivity contribution in [3.05, 3.63) is 35.1 Å². The average molecular weight is 473 g/mol. The van der Waals surface area contributed by atoms with E-state index >= 15 is 4.39 Å². The van der Waals surface area contributed by atoms with Crippen LogP contribution in [0.25, 0.3) is 0 Å². The number of halogens is 1. The van der Waals surface area contributed by atoms with E-state index in [0.717, 1.165) is 44.9 Å². The van der Waals surface area contributed by atoms with Crippen molar-refractivity contribution in [2.24, 2.45) is 17.3 Å². The number of nitrogens with zero attached hydrogens (tertiary/aromatic N) is 1. The summed E-state index contributed by atoms with van der Waals surface area (Å²) in [5.74, 6) is -1.23. The summed E-state index contributed by atoms with van der Waals surface area (Å²) in [6, 6.07) is 4.34. The van der Waals surface area contributed by atoms with Crippen LogP contribution in [-0.4, -0.2) is 41.6 Å². The number of amides is 2. The van der Waals surface area contributed by atoms with Crippen molar-refractivity contribution in [2.45, 2.75) is 91.5 Å². The molecule has 1 aromatic rings. The molecule has 188 valence electrons. The lowest BCUT2D eigenvalue weighted by Gasteiger charge is -2.37. The first-order chi connectivity index (χ1) is 16.0. The molecule has 5 nitrogen and oxygen atoms in total. The number of hydrogen-bond donors (Lipinski definition) is 1. The van der Waals surface area contributed by atoms with Crippen LogP contribution in [0.5, 0.6) is 0 Å². The largest absolute Gasteiger partial charge is 0.342 e. The molecular weight excluding hydrogens is 431 g/mol. The van der Waals surface area contributed by atoms with Gasteiger partial charge in [0.2, 0.25) is 5.91 Å². The molecule has 2 aliphatic rings. The van der Waals surface area contributed by atoms with Crippen LogP contribution in [0, 0.1) is 23.1 Å². The third-order valence-electron chi connectivity index (χ3n) is 7.35. The van der Waals surface area contributed by atoms with Crippen LogP contribution in [-0.2, 0) is 9.59 Å². The molecule has 1 N–H and O–H groups in total. The minimum Gasteiger partial charge on any atom is -0.342 e. The Labute approximate surface area is 203 Å². The monoisotopic (exact) mass is 472 g/mol. The number of piperidine rings is 1. The minimum atomic E-state index is -0.578. The molecule has 1 heterocycles. The molecule has 3 rings (SSSR count). The summed E-state index contributed by atoms with van der Waals surface area (Å²) in [4.78, 5) is 40.8. The van der Waals surface area contributed by atoms with Gasteiger partial charge in [0.1, 0.15) is 5.82 Å². The number of nitrogens with one attached hydrogen (secondary N) is 1. The molecule has 6 heteroatoms. The predicted octanol–water partition coefficient (Wildman–Crippen LogP) is 5.48. The molecule has 0 radical (unpaired) electrons. The number of benzene rings is 1. The third-order valence-corrected chi connectivity index (χ3v) is 7.35. The highest BCUT2D eigenvalue weighted by Crippen LogP contribution is 2.33. The molecule has 0 bridgehead atoms. The van der Waals surface area contributed by atoms with Gasteiger partial charge in [0.05, 0.1) is 11.6 Å². The van der Waals surface area contributed by atoms with Gasteiger partial charge in [-0.1, -0.05) is 66.0 Å². The van der Waals surface area contributed by atoms with Gasteiger partial charge in [0.25, 0.3) is 5.91 Å². The van der Waals surface area contributed by atoms with Gasteiger partial charge in [-0.2, -0.15) is 0 Å². The lowest BCUT2D eigenvalue weighted by Crippen LogP contribution is -2.48. The van der Waals surface area contributed by atoms with Gasteiger partial charge in [-0.25, -0.2) is 4.39 Å². The summed E-state index contributed by atoms with van der Waals surface area (Å²) >= 11 is 0. The Morgan fingerprint density at radius 3 is 2.32 bits per heavy atom. The summed E-state index contributed by atoms with van der Waals surface area (Å²) < 4.78 is 15.7. The quantitative estimate of drug-likeness (QED) is 0.596. The number of carbonyl (C=O) groups is 3. The van der Waals surface area contributed by atoms with Gasteiger partial charge < -0.3 is 10.2 Å². The second-order valence-corrected chi connectivity index (χ2v) is 11.5. The first-order valence-corrected chi connectivity index (χ1v) is 12.9. The van der Waals surface area contributed by atoms with E-state index in [9.17, 15) is 14.4 Å². The topological polar surface area (TPSA) is 66.5 Å². The van der Waals surface area contributed by atoms with Crippen LogP contribution < -0.4 is 5.32 Å². The van der Waals surface area contributed by atoms with E-state index in [1.54, 1.807) is 12.1 Å². The normalized spacial score (nSPS) is 20.8. The van der Waals surface area contributed by atoms with E-state index < -0.39 is 23.2 Å². The minimum absolute atomic E-state index is 0.0143. The van der Waals surface area contributed by atoms with Gasteiger partial charge >= 0.3 is 0 Å². The van der Waals surface area contributed by atoms with Crippen molar-refractivity contribution in [1.82, 2.24) is 10.2 Å². The SMILES string of the molecule is CC(C)C(=O)[C@H](NC(=O)c1cccc([C@H]2CCCN(C(=O)C(C)(C)C)C2)c1F)C1CCCCC1. The fourth-order valence-electron chi connectivity index (χ4n) is 5.40. The molecule has 1 saturated heterocycles. The number of Topliss-reactive ketones (excluding diaryl/α,β-unsaturated/α-hetero) is 1. The molecule has 34 heavy (non-hydrogen) atoms. The number of carbonyl (C=O) groups excluding carboxylic acids is 3. The Kier molecular flexibility index (Phi) is 8.53. The number of rotatable bonds is 6. The van der Waals surface area contributed by atoms with Crippen molar-refractivity contribution < 1.29 is 18.8 Å². The fourth-order valence-corrected chi connectivity index (χ4v) is 5.40. The fraction of sp³-hybridized carbons (Fsp3) is 0.679. The van der Waals surface area contributed by atoms with Crippen LogP contribution in [0.15, 0.2) is 18.2 Å². The van der Waals surface area contributed by atoms with Crippen LogP contribution in [0.4, 0.5) is 4.39 Å². The van der Waals surface area contributed by atoms with Gasteiger partial charge in [-0.05, 0) is 43.2 Å². The Bertz CT molecular complexity index is 899. The Balaban J connectivity index is 1.80. The highest BCUT2D eigenvalue weighted by Gasteiger charge is 2.35. The van der Waals surface area contributed by atoms with Crippen LogP contribution in [0.3, 0.4) is 0 Å². The summed E-state index contributed by atoms with van der Waals surface area (Å²) in [6.07, 6.45) is 6.65. The predicted molar refractivity (Wildman–Crippen MR) is 132 cm³/mol. The summed E-state index contributed by atoms with van der Waals surface area (Å²) in [6.45, 7) is 10.5. The van der Waals surface area contributed by atoms with Crippen molar-refractivity contribution in [3.8, 4) is 0 Å². The molecule has 2 amide bonds. The Hall–Kier alpha value is -2.24. The van der Waals surface area contributed by atoms with Crippen LogP contribution >= 0.6 is 0 Å². The van der Waals surface area contributed by atoms with E-state index in [1.807, 2.05) is 39.5 Å². The molecule has 1 aliphatic carbocycles. The number of likely N-dealkylation sites (tertiary alicyclic amines) is 1. The Morgan fingerprint density at radius 1 is 1.03 bits per heavy atom. The second kappa shape index (κ2) is 11.0. The first kappa shape index (κ1) is 26.4. The van der Waals surface area contributed by atoms with Gasteiger partial charge in [0.15, 0.2) is 5.78 Å². The van der Waals surface area contributed by atoms with Crippen molar-refractivity contribution in [2.75, 3.05) is 13.1 Å². The molecule has 2 fully saturated rings. The smallest absolute Gasteiger partial charge is 0.254 e. The molecule has 1 aromatic carbocycles. The molecule has 1 saturated carbocycles. The Morgan fingerprint density at radius 2 is 1.71 bits per heavy atom. The van der Waals surface area contributed by atoms with Crippen LogP contribution in [0.2, 0.25) is 0 Å². The van der Waals surface area contributed by atoms with Crippen molar-refractivity contribution in [3.63, 3.8) is 0 Å². The highest BCUT2D eigenvalue weighted by molar-refractivity contribution is 5.98.